The first-order chi connectivity index (χ1) is 6.89. The van der Waals surface area contributed by atoms with Crippen LogP contribution >= 0.6 is 0 Å². The third-order valence-corrected chi connectivity index (χ3v) is 1.98. The van der Waals surface area contributed by atoms with Crippen LogP contribution in [0.5, 0.6) is 0 Å². The van der Waals surface area contributed by atoms with Gasteiger partial charge in [-0.05, 0) is 13.8 Å². The highest BCUT2D eigenvalue weighted by Gasteiger charge is 1.92. The molecule has 0 aromatic carbocycles. The van der Waals surface area contributed by atoms with E-state index in [1.165, 1.54) is 6.92 Å². The van der Waals surface area contributed by atoms with Crippen molar-refractivity contribution in [3.05, 3.63) is 18.7 Å². The first kappa shape index (κ1) is 17.5. The highest BCUT2D eigenvalue weighted by Crippen LogP contribution is 1.81. The molecule has 0 radical (unpaired) electrons. The van der Waals surface area contributed by atoms with E-state index in [4.69, 9.17) is 0 Å². The molecule has 0 unspecified atom stereocenters. The van der Waals surface area contributed by atoms with Crippen LogP contribution in [0.15, 0.2) is 18.7 Å². The van der Waals surface area contributed by atoms with E-state index in [-0.39, 0.29) is 14.0 Å². The molecule has 6 nitrogen and oxygen atoms in total. The summed E-state index contributed by atoms with van der Waals surface area (Å²) in [6, 6.07) is 0. The minimum absolute atomic E-state index is 0. The van der Waals surface area contributed by atoms with Crippen LogP contribution in [0.25, 0.3) is 0 Å². The molecule has 0 aliphatic rings. The van der Waals surface area contributed by atoms with E-state index >= 15 is 0 Å². The lowest BCUT2D eigenvalue weighted by molar-refractivity contribution is -0.671. The molecule has 0 aliphatic heterocycles. The second-order valence-corrected chi connectivity index (χ2v) is 3.78. The summed E-state index contributed by atoms with van der Waals surface area (Å²) in [4.78, 5) is 0. The van der Waals surface area contributed by atoms with Crippen molar-refractivity contribution in [1.82, 2.24) is 4.57 Å². The summed E-state index contributed by atoms with van der Waals surface area (Å²) in [5.41, 5.74) is 0. The van der Waals surface area contributed by atoms with Crippen LogP contribution in [0, 0.1) is 0 Å². The minimum Gasteiger partial charge on any atom is -0.726 e. The zero-order valence-corrected chi connectivity index (χ0v) is 9.90. The van der Waals surface area contributed by atoms with Crippen LogP contribution in [0.4, 0.5) is 0 Å². The Morgan fingerprint density at radius 3 is 2.12 bits per heavy atom. The molecule has 1 heterocycles. The van der Waals surface area contributed by atoms with Gasteiger partial charge in [-0.1, -0.05) is 7.43 Å². The van der Waals surface area contributed by atoms with Crippen LogP contribution in [0.2, 0.25) is 0 Å². The quantitative estimate of drug-likeness (QED) is 0.445. The van der Waals surface area contributed by atoms with E-state index in [1.54, 1.807) is 0 Å². The Morgan fingerprint density at radius 1 is 1.44 bits per heavy atom. The fourth-order valence-corrected chi connectivity index (χ4v) is 1.12. The predicted octanol–water partition coefficient (Wildman–Crippen LogP) is 0.452. The highest BCUT2D eigenvalue weighted by atomic mass is 32.3. The number of aromatic nitrogens is 2. The normalized spacial score (nSPS) is 10.0. The van der Waals surface area contributed by atoms with Crippen molar-refractivity contribution in [3.8, 4) is 0 Å². The van der Waals surface area contributed by atoms with Crippen molar-refractivity contribution in [1.29, 1.82) is 0 Å². The van der Waals surface area contributed by atoms with Crippen molar-refractivity contribution < 1.29 is 21.7 Å². The Labute approximate surface area is 97.4 Å². The van der Waals surface area contributed by atoms with Gasteiger partial charge in [0.25, 0.3) is 0 Å². The molecule has 1 rings (SSSR count). The van der Waals surface area contributed by atoms with Gasteiger partial charge in [-0.15, -0.1) is 0 Å². The van der Waals surface area contributed by atoms with E-state index in [0.29, 0.717) is 0 Å². The molecule has 0 saturated carbocycles. The summed E-state index contributed by atoms with van der Waals surface area (Å²) in [7, 11) is -2.40. The van der Waals surface area contributed by atoms with E-state index in [9.17, 15) is 13.0 Å². The lowest BCUT2D eigenvalue weighted by atomic mass is 10.7. The van der Waals surface area contributed by atoms with Crippen LogP contribution in [0.1, 0.15) is 21.3 Å². The Kier molecular flexibility index (Phi) is 9.02. The maximum Gasteiger partial charge on any atom is 0.243 e. The van der Waals surface area contributed by atoms with E-state index in [1.807, 2.05) is 17.8 Å². The molecule has 96 valence electrons. The van der Waals surface area contributed by atoms with Gasteiger partial charge in [-0.2, -0.15) is 0 Å². The van der Waals surface area contributed by atoms with Gasteiger partial charge in [0.2, 0.25) is 16.7 Å². The number of aryl methyl sites for hydroxylation is 2. The van der Waals surface area contributed by atoms with Crippen LogP contribution in [-0.2, 0) is 28.2 Å². The lowest BCUT2D eigenvalue weighted by Crippen LogP contribution is -2.23. The van der Waals surface area contributed by atoms with Gasteiger partial charge in [-0.25, -0.2) is 17.6 Å². The molecule has 0 fully saturated rings. The van der Waals surface area contributed by atoms with E-state index in [2.05, 4.69) is 28.2 Å². The number of hydrogen-bond donors (Lipinski definition) is 0. The lowest BCUT2D eigenvalue weighted by Gasteiger charge is -2.02. The van der Waals surface area contributed by atoms with E-state index in [0.717, 1.165) is 6.54 Å². The number of nitrogens with zero attached hydrogens (tertiary/aromatic N) is 2. The second-order valence-electron chi connectivity index (χ2n) is 2.72. The van der Waals surface area contributed by atoms with Crippen LogP contribution in [0.3, 0.4) is 0 Å². The van der Waals surface area contributed by atoms with Crippen LogP contribution < -0.4 is 4.57 Å². The predicted molar refractivity (Wildman–Crippen MR) is 59.3 cm³/mol. The SMILES string of the molecule is C.CCOS(=O)(=O)[O-].CCn1cc[n+](C)c1. The Morgan fingerprint density at radius 2 is 2.00 bits per heavy atom. The molecular weight excluding hydrogens is 232 g/mol. The smallest absolute Gasteiger partial charge is 0.243 e. The maximum atomic E-state index is 9.45. The fourth-order valence-electron chi connectivity index (χ4n) is 0.833. The number of rotatable bonds is 3. The zero-order chi connectivity index (χ0) is 11.9. The average molecular weight is 252 g/mol. The molecule has 0 spiro atoms. The second kappa shape index (κ2) is 8.26. The average Bonchev–Trinajstić information content (AvgIpc) is 2.50. The van der Waals surface area contributed by atoms with Crippen molar-refractivity contribution in [3.63, 3.8) is 0 Å². The van der Waals surface area contributed by atoms with Gasteiger partial charge in [0, 0.05) is 0 Å². The fraction of sp³-hybridized carbons (Fsp3) is 0.667. The number of imidazole rings is 1. The molecule has 0 N–H and O–H groups in total. The largest absolute Gasteiger partial charge is 0.726 e. The topological polar surface area (TPSA) is 75.2 Å². The van der Waals surface area contributed by atoms with Crippen molar-refractivity contribution in [2.75, 3.05) is 6.61 Å². The zero-order valence-electron chi connectivity index (χ0n) is 9.08. The third-order valence-electron chi connectivity index (χ3n) is 1.45. The van der Waals surface area contributed by atoms with Crippen molar-refractivity contribution in [2.24, 2.45) is 7.05 Å². The Bertz CT molecular complexity index is 373. The van der Waals surface area contributed by atoms with Crippen LogP contribution in [-0.4, -0.2) is 24.1 Å². The molecule has 7 heteroatoms. The van der Waals surface area contributed by atoms with E-state index < -0.39 is 10.4 Å². The molecule has 0 aliphatic carbocycles. The monoisotopic (exact) mass is 252 g/mol. The first-order valence-corrected chi connectivity index (χ1v) is 5.83. The summed E-state index contributed by atoms with van der Waals surface area (Å²) in [5.74, 6) is 0. The molecule has 0 saturated heterocycles. The maximum absolute atomic E-state index is 9.45. The summed E-state index contributed by atoms with van der Waals surface area (Å²) < 4.78 is 36.2. The van der Waals surface area contributed by atoms with Gasteiger partial charge in [0.15, 0.2) is 0 Å². The number of hydrogen-bond acceptors (Lipinski definition) is 4. The molecule has 16 heavy (non-hydrogen) atoms. The summed E-state index contributed by atoms with van der Waals surface area (Å²) in [6.07, 6.45) is 6.14. The molecule has 0 amide bonds. The molecule has 0 atom stereocenters. The minimum atomic E-state index is -4.42. The Balaban J connectivity index is 0. The highest BCUT2D eigenvalue weighted by molar-refractivity contribution is 7.80. The molecule has 1 aromatic rings. The van der Waals surface area contributed by atoms with Gasteiger partial charge in [-0.3, -0.25) is 4.18 Å². The first-order valence-electron chi connectivity index (χ1n) is 4.50. The third kappa shape index (κ3) is 9.63. The van der Waals surface area contributed by atoms with Gasteiger partial charge >= 0.3 is 0 Å². The molecule has 1 aromatic heterocycles. The summed E-state index contributed by atoms with van der Waals surface area (Å²) >= 11 is 0. The van der Waals surface area contributed by atoms with Gasteiger partial charge in [0.05, 0.1) is 20.2 Å². The van der Waals surface area contributed by atoms with Gasteiger partial charge in [0.1, 0.15) is 12.4 Å². The van der Waals surface area contributed by atoms with Gasteiger partial charge < -0.3 is 4.55 Å². The van der Waals surface area contributed by atoms with Crippen molar-refractivity contribution >= 4 is 10.4 Å². The molecule has 0 bridgehead atoms. The Hall–Kier alpha value is -0.920. The standard InChI is InChI=1S/C6H11N2.C2H6O4S.CH4/c1-3-8-5-4-7(2)6-8;1-2-6-7(3,4)5;/h4-6H,3H2,1-2H3;2H2,1H3,(H,3,4,5);1H4/q+1;;/p-1. The van der Waals surface area contributed by atoms with Crippen molar-refractivity contribution in [2.45, 2.75) is 27.8 Å². The molecular formula is C9H20N2O4S. The summed E-state index contributed by atoms with van der Waals surface area (Å²) in [5, 5.41) is 0. The summed E-state index contributed by atoms with van der Waals surface area (Å²) in [6.45, 7) is 4.52.